The highest BCUT2D eigenvalue weighted by Crippen LogP contribution is 2.43. The van der Waals surface area contributed by atoms with Gasteiger partial charge in [-0.2, -0.15) is 0 Å². The first kappa shape index (κ1) is 12.3. The SMILES string of the molecule is CC(C)(C)c1nnc(C2(NC(=N)N)CCC2)s1. The molecule has 5 nitrogen and oxygen atoms in total. The van der Waals surface area contributed by atoms with Gasteiger partial charge in [-0.15, -0.1) is 10.2 Å². The lowest BCUT2D eigenvalue weighted by molar-refractivity contribution is 0.217. The van der Waals surface area contributed by atoms with Crippen LogP contribution in [0, 0.1) is 5.41 Å². The standard InChI is InChI=1S/C11H19N5S/c1-10(2,3)7-15-16-8(17-7)11(5-4-6-11)14-9(12)13/h4-6H2,1-3H3,(H4,12,13,14). The quantitative estimate of drug-likeness (QED) is 0.553. The molecule has 94 valence electrons. The zero-order chi connectivity index (χ0) is 12.7. The molecule has 0 amide bonds. The van der Waals surface area contributed by atoms with Crippen molar-refractivity contribution in [2.75, 3.05) is 0 Å². The highest BCUT2D eigenvalue weighted by molar-refractivity contribution is 7.11. The minimum Gasteiger partial charge on any atom is -0.370 e. The fourth-order valence-corrected chi connectivity index (χ4v) is 3.00. The van der Waals surface area contributed by atoms with E-state index in [1.807, 2.05) is 0 Å². The summed E-state index contributed by atoms with van der Waals surface area (Å²) in [5, 5.41) is 21.0. The van der Waals surface area contributed by atoms with Crippen LogP contribution in [-0.2, 0) is 11.0 Å². The van der Waals surface area contributed by atoms with Crippen LogP contribution in [0.2, 0.25) is 0 Å². The van der Waals surface area contributed by atoms with Crippen LogP contribution in [0.3, 0.4) is 0 Å². The highest BCUT2D eigenvalue weighted by atomic mass is 32.1. The van der Waals surface area contributed by atoms with E-state index in [0.717, 1.165) is 29.3 Å². The first-order valence-electron chi connectivity index (χ1n) is 5.80. The second-order valence-corrected chi connectivity index (χ2v) is 6.61. The molecule has 0 aromatic carbocycles. The zero-order valence-corrected chi connectivity index (χ0v) is 11.3. The number of rotatable bonds is 2. The smallest absolute Gasteiger partial charge is 0.186 e. The average molecular weight is 253 g/mol. The van der Waals surface area contributed by atoms with Crippen LogP contribution in [0.25, 0.3) is 0 Å². The van der Waals surface area contributed by atoms with Gasteiger partial charge in [0.05, 0.1) is 5.54 Å². The van der Waals surface area contributed by atoms with Crippen molar-refractivity contribution in [2.45, 2.75) is 51.0 Å². The lowest BCUT2D eigenvalue weighted by Crippen LogP contribution is -2.52. The summed E-state index contributed by atoms with van der Waals surface area (Å²) in [6, 6.07) is 0. The average Bonchev–Trinajstić information content (AvgIpc) is 2.58. The van der Waals surface area contributed by atoms with Crippen molar-refractivity contribution in [3.8, 4) is 0 Å². The van der Waals surface area contributed by atoms with Gasteiger partial charge in [0.25, 0.3) is 0 Å². The molecule has 0 aliphatic heterocycles. The molecule has 17 heavy (non-hydrogen) atoms. The van der Waals surface area contributed by atoms with E-state index < -0.39 is 0 Å². The largest absolute Gasteiger partial charge is 0.370 e. The van der Waals surface area contributed by atoms with Crippen LogP contribution < -0.4 is 11.1 Å². The predicted octanol–water partition coefficient (Wildman–Crippen LogP) is 1.70. The highest BCUT2D eigenvalue weighted by Gasteiger charge is 2.42. The van der Waals surface area contributed by atoms with Crippen LogP contribution in [0.15, 0.2) is 0 Å². The zero-order valence-electron chi connectivity index (χ0n) is 10.5. The second-order valence-electron chi connectivity index (χ2n) is 5.64. The van der Waals surface area contributed by atoms with E-state index in [9.17, 15) is 0 Å². The van der Waals surface area contributed by atoms with E-state index in [-0.39, 0.29) is 16.9 Å². The maximum absolute atomic E-state index is 7.39. The summed E-state index contributed by atoms with van der Waals surface area (Å²) in [6.45, 7) is 6.38. The minimum atomic E-state index is -0.229. The molecule has 0 saturated heterocycles. The van der Waals surface area contributed by atoms with Crippen molar-refractivity contribution in [3.63, 3.8) is 0 Å². The molecule has 1 heterocycles. The maximum atomic E-state index is 7.39. The first-order valence-corrected chi connectivity index (χ1v) is 6.62. The third kappa shape index (κ3) is 2.26. The molecule has 0 radical (unpaired) electrons. The second kappa shape index (κ2) is 3.94. The number of hydrogen-bond donors (Lipinski definition) is 3. The van der Waals surface area contributed by atoms with Gasteiger partial charge < -0.3 is 11.1 Å². The lowest BCUT2D eigenvalue weighted by atomic mass is 9.77. The molecular weight excluding hydrogens is 234 g/mol. The van der Waals surface area contributed by atoms with Gasteiger partial charge in [0.15, 0.2) is 5.96 Å². The number of nitrogens with one attached hydrogen (secondary N) is 2. The van der Waals surface area contributed by atoms with E-state index in [4.69, 9.17) is 11.1 Å². The number of guanidine groups is 1. The topological polar surface area (TPSA) is 87.7 Å². The Bertz CT molecular complexity index is 427. The van der Waals surface area contributed by atoms with Crippen molar-refractivity contribution in [1.29, 1.82) is 5.41 Å². The van der Waals surface area contributed by atoms with Gasteiger partial charge in [-0.1, -0.05) is 32.1 Å². The van der Waals surface area contributed by atoms with E-state index in [2.05, 4.69) is 36.3 Å². The number of hydrogen-bond acceptors (Lipinski definition) is 4. The summed E-state index contributed by atoms with van der Waals surface area (Å²) in [5.41, 5.74) is 5.24. The van der Waals surface area contributed by atoms with Crippen LogP contribution >= 0.6 is 11.3 Å². The number of nitrogens with zero attached hydrogens (tertiary/aromatic N) is 2. The van der Waals surface area contributed by atoms with Gasteiger partial charge in [-0.05, 0) is 19.3 Å². The summed E-state index contributed by atoms with van der Waals surface area (Å²) in [6.07, 6.45) is 3.10. The summed E-state index contributed by atoms with van der Waals surface area (Å²) < 4.78 is 0. The number of aromatic nitrogens is 2. The van der Waals surface area contributed by atoms with Crippen molar-refractivity contribution in [1.82, 2.24) is 15.5 Å². The Labute approximate surface area is 105 Å². The van der Waals surface area contributed by atoms with Crippen LogP contribution in [0.4, 0.5) is 0 Å². The van der Waals surface area contributed by atoms with Crippen molar-refractivity contribution in [2.24, 2.45) is 5.73 Å². The number of nitrogens with two attached hydrogens (primary N) is 1. The Morgan fingerprint density at radius 3 is 2.41 bits per heavy atom. The predicted molar refractivity (Wildman–Crippen MR) is 69.2 cm³/mol. The van der Waals surface area contributed by atoms with Gasteiger partial charge in [-0.3, -0.25) is 5.41 Å². The molecule has 4 N–H and O–H groups in total. The van der Waals surface area contributed by atoms with E-state index in [1.54, 1.807) is 11.3 Å². The Kier molecular flexibility index (Phi) is 2.85. The van der Waals surface area contributed by atoms with Crippen LogP contribution in [0.1, 0.15) is 50.0 Å². The summed E-state index contributed by atoms with van der Waals surface area (Å²) >= 11 is 1.63. The Morgan fingerprint density at radius 1 is 1.41 bits per heavy atom. The van der Waals surface area contributed by atoms with Crippen LogP contribution in [-0.4, -0.2) is 16.2 Å². The fraction of sp³-hybridized carbons (Fsp3) is 0.727. The van der Waals surface area contributed by atoms with Crippen molar-refractivity contribution < 1.29 is 0 Å². The van der Waals surface area contributed by atoms with Gasteiger partial charge >= 0.3 is 0 Å². The Hall–Kier alpha value is -1.17. The molecule has 1 saturated carbocycles. The molecule has 1 aliphatic rings. The van der Waals surface area contributed by atoms with Gasteiger partial charge in [0, 0.05) is 5.41 Å². The van der Waals surface area contributed by atoms with Crippen molar-refractivity contribution in [3.05, 3.63) is 10.0 Å². The molecule has 2 rings (SSSR count). The monoisotopic (exact) mass is 253 g/mol. The van der Waals surface area contributed by atoms with E-state index in [1.165, 1.54) is 0 Å². The molecule has 6 heteroatoms. The lowest BCUT2D eigenvalue weighted by Gasteiger charge is -2.40. The van der Waals surface area contributed by atoms with E-state index in [0.29, 0.717) is 0 Å². The third-order valence-electron chi connectivity index (χ3n) is 3.06. The van der Waals surface area contributed by atoms with Crippen LogP contribution in [0.5, 0.6) is 0 Å². The van der Waals surface area contributed by atoms with Crippen molar-refractivity contribution >= 4 is 17.3 Å². The van der Waals surface area contributed by atoms with E-state index >= 15 is 0 Å². The Balaban J connectivity index is 2.26. The molecule has 0 atom stereocenters. The van der Waals surface area contributed by atoms with Gasteiger partial charge in [0.2, 0.25) is 0 Å². The van der Waals surface area contributed by atoms with Gasteiger partial charge in [-0.25, -0.2) is 0 Å². The molecule has 0 spiro atoms. The summed E-state index contributed by atoms with van der Waals surface area (Å²) in [7, 11) is 0. The molecule has 1 aromatic heterocycles. The normalized spacial score (nSPS) is 18.5. The summed E-state index contributed by atoms with van der Waals surface area (Å²) in [4.78, 5) is 0. The third-order valence-corrected chi connectivity index (χ3v) is 4.61. The fourth-order valence-electron chi connectivity index (χ4n) is 1.90. The molecule has 0 bridgehead atoms. The molecule has 1 aromatic rings. The Morgan fingerprint density at radius 2 is 2.06 bits per heavy atom. The molecule has 0 unspecified atom stereocenters. The van der Waals surface area contributed by atoms with Gasteiger partial charge in [0.1, 0.15) is 10.0 Å². The molecule has 1 aliphatic carbocycles. The summed E-state index contributed by atoms with van der Waals surface area (Å²) in [5.74, 6) is 0.0113. The maximum Gasteiger partial charge on any atom is 0.186 e. The minimum absolute atomic E-state index is 0.0113. The first-order chi connectivity index (χ1) is 7.83. The molecular formula is C11H19N5S. The molecule has 1 fully saturated rings.